The van der Waals surface area contributed by atoms with Gasteiger partial charge in [-0.25, -0.2) is 9.37 Å². The number of benzene rings is 1. The maximum Gasteiger partial charge on any atom is 0.180 e. The van der Waals surface area contributed by atoms with Crippen LogP contribution in [0.2, 0.25) is 0 Å². The minimum atomic E-state index is -0.428. The lowest BCUT2D eigenvalue weighted by molar-refractivity contribution is 0.391. The quantitative estimate of drug-likeness (QED) is 0.738. The highest BCUT2D eigenvalue weighted by Crippen LogP contribution is 2.33. The summed E-state index contributed by atoms with van der Waals surface area (Å²) in [5.41, 5.74) is 0.499. The van der Waals surface area contributed by atoms with E-state index in [0.29, 0.717) is 14.6 Å². The van der Waals surface area contributed by atoms with Gasteiger partial charge in [-0.2, -0.15) is 0 Å². The normalized spacial score (nSPS) is 10.7. The molecule has 1 heterocycles. The van der Waals surface area contributed by atoms with Crippen molar-refractivity contribution in [2.24, 2.45) is 0 Å². The smallest absolute Gasteiger partial charge is 0.180 e. The summed E-state index contributed by atoms with van der Waals surface area (Å²) in [7, 11) is 1.42. The van der Waals surface area contributed by atoms with Gasteiger partial charge in [0.2, 0.25) is 0 Å². The fourth-order valence-electron chi connectivity index (χ4n) is 1.36. The third-order valence-corrected chi connectivity index (χ3v) is 3.11. The summed E-state index contributed by atoms with van der Waals surface area (Å²) in [5.74, 6) is -0.267. The molecule has 0 N–H and O–H groups in total. The first-order chi connectivity index (χ1) is 7.13. The van der Waals surface area contributed by atoms with Crippen molar-refractivity contribution in [1.82, 2.24) is 4.98 Å². The highest BCUT2D eigenvalue weighted by atomic mass is 79.9. The molecule has 1 aromatic carbocycles. The third kappa shape index (κ3) is 1.86. The molecule has 0 unspecified atom stereocenters. The zero-order valence-corrected chi connectivity index (χ0v) is 10.9. The van der Waals surface area contributed by atoms with Crippen LogP contribution in [-0.4, -0.2) is 12.1 Å². The first-order valence-corrected chi connectivity index (χ1v) is 5.70. The highest BCUT2D eigenvalue weighted by molar-refractivity contribution is 9.11. The molecule has 0 amide bonds. The summed E-state index contributed by atoms with van der Waals surface area (Å²) >= 11 is 6.53. The van der Waals surface area contributed by atoms with Gasteiger partial charge in [-0.1, -0.05) is 0 Å². The van der Waals surface area contributed by atoms with Crippen molar-refractivity contribution >= 4 is 42.8 Å². The summed E-state index contributed by atoms with van der Waals surface area (Å²) in [5, 5.41) is 0.816. The number of nitrogens with zero attached hydrogens (tertiary/aromatic N) is 1. The van der Waals surface area contributed by atoms with Crippen LogP contribution >= 0.6 is 31.9 Å². The third-order valence-electron chi connectivity index (χ3n) is 2.01. The molecule has 0 bridgehead atoms. The number of hydrogen-bond donors (Lipinski definition) is 0. The fraction of sp³-hybridized carbons (Fsp3) is 0.100. The van der Waals surface area contributed by atoms with Crippen molar-refractivity contribution < 1.29 is 9.13 Å². The van der Waals surface area contributed by atoms with Gasteiger partial charge in [-0.05, 0) is 50.1 Å². The molecule has 0 saturated heterocycles. The van der Waals surface area contributed by atoms with Crippen LogP contribution < -0.4 is 4.74 Å². The van der Waals surface area contributed by atoms with E-state index in [-0.39, 0.29) is 5.75 Å². The molecule has 0 aliphatic heterocycles. The minimum Gasteiger partial charge on any atom is -0.491 e. The van der Waals surface area contributed by atoms with Crippen LogP contribution in [0.5, 0.6) is 5.75 Å². The number of hydrogen-bond acceptors (Lipinski definition) is 2. The molecule has 2 aromatic rings. The van der Waals surface area contributed by atoms with E-state index >= 15 is 0 Å². The number of aromatic nitrogens is 1. The van der Waals surface area contributed by atoms with E-state index < -0.39 is 5.82 Å². The SMILES string of the molecule is COc1c(F)cc(Br)c2ccc(Br)nc12. The summed E-state index contributed by atoms with van der Waals surface area (Å²) < 4.78 is 19.8. The average molecular weight is 335 g/mol. The van der Waals surface area contributed by atoms with Crippen molar-refractivity contribution in [2.45, 2.75) is 0 Å². The Morgan fingerprint density at radius 1 is 1.33 bits per heavy atom. The monoisotopic (exact) mass is 333 g/mol. The first kappa shape index (κ1) is 10.8. The van der Waals surface area contributed by atoms with Crippen LogP contribution in [0.3, 0.4) is 0 Å². The second-order valence-electron chi connectivity index (χ2n) is 2.90. The van der Waals surface area contributed by atoms with Crippen LogP contribution in [0.15, 0.2) is 27.3 Å². The predicted octanol–water partition coefficient (Wildman–Crippen LogP) is 3.91. The molecule has 5 heteroatoms. The van der Waals surface area contributed by atoms with E-state index in [4.69, 9.17) is 4.74 Å². The zero-order valence-electron chi connectivity index (χ0n) is 7.72. The van der Waals surface area contributed by atoms with Crippen molar-refractivity contribution in [3.63, 3.8) is 0 Å². The number of pyridine rings is 1. The van der Waals surface area contributed by atoms with Crippen LogP contribution in [0.4, 0.5) is 4.39 Å². The number of ether oxygens (including phenoxy) is 1. The van der Waals surface area contributed by atoms with Crippen molar-refractivity contribution in [2.75, 3.05) is 7.11 Å². The summed E-state index contributed by atoms with van der Waals surface area (Å²) in [6.45, 7) is 0. The van der Waals surface area contributed by atoms with Crippen LogP contribution in [-0.2, 0) is 0 Å². The van der Waals surface area contributed by atoms with Crippen molar-refractivity contribution in [1.29, 1.82) is 0 Å². The average Bonchev–Trinajstić information content (AvgIpc) is 2.17. The summed E-state index contributed by atoms with van der Waals surface area (Å²) in [4.78, 5) is 4.19. The largest absolute Gasteiger partial charge is 0.491 e. The Morgan fingerprint density at radius 2 is 2.07 bits per heavy atom. The second-order valence-corrected chi connectivity index (χ2v) is 4.57. The lowest BCUT2D eigenvalue weighted by atomic mass is 10.2. The Bertz CT molecular complexity index is 530. The molecule has 0 fully saturated rings. The molecule has 2 rings (SSSR count). The standard InChI is InChI=1S/C10H6Br2FNO/c1-15-10-7(13)4-6(11)5-2-3-8(12)14-9(5)10/h2-4H,1H3. The lowest BCUT2D eigenvalue weighted by Crippen LogP contribution is -1.93. The number of fused-ring (bicyclic) bond motifs is 1. The lowest BCUT2D eigenvalue weighted by Gasteiger charge is -2.07. The van der Waals surface area contributed by atoms with Crippen LogP contribution in [0.25, 0.3) is 10.9 Å². The Labute approximate surface area is 103 Å². The van der Waals surface area contributed by atoms with Crippen LogP contribution in [0, 0.1) is 5.82 Å². The summed E-state index contributed by atoms with van der Waals surface area (Å²) in [6, 6.07) is 5.01. The summed E-state index contributed by atoms with van der Waals surface area (Å²) in [6.07, 6.45) is 0. The van der Waals surface area contributed by atoms with Gasteiger partial charge in [0.15, 0.2) is 11.6 Å². The van der Waals surface area contributed by atoms with E-state index in [1.807, 2.05) is 6.07 Å². The molecule has 15 heavy (non-hydrogen) atoms. The highest BCUT2D eigenvalue weighted by Gasteiger charge is 2.12. The van der Waals surface area contributed by atoms with Gasteiger partial charge >= 0.3 is 0 Å². The van der Waals surface area contributed by atoms with E-state index in [0.717, 1.165) is 5.39 Å². The zero-order chi connectivity index (χ0) is 11.0. The topological polar surface area (TPSA) is 22.1 Å². The van der Waals surface area contributed by atoms with E-state index in [1.54, 1.807) is 6.07 Å². The van der Waals surface area contributed by atoms with Gasteiger partial charge < -0.3 is 4.74 Å². The second kappa shape index (κ2) is 4.06. The molecule has 1 aromatic heterocycles. The van der Waals surface area contributed by atoms with Crippen molar-refractivity contribution in [3.8, 4) is 5.75 Å². The molecule has 0 aliphatic rings. The number of halogens is 3. The molecular weight excluding hydrogens is 329 g/mol. The first-order valence-electron chi connectivity index (χ1n) is 4.11. The Balaban J connectivity index is 2.91. The van der Waals surface area contributed by atoms with Crippen LogP contribution in [0.1, 0.15) is 0 Å². The van der Waals surface area contributed by atoms with E-state index in [9.17, 15) is 4.39 Å². The van der Waals surface area contributed by atoms with Gasteiger partial charge in [0.05, 0.1) is 7.11 Å². The Kier molecular flexibility index (Phi) is 2.93. The predicted molar refractivity (Wildman–Crippen MR) is 63.7 cm³/mol. The molecule has 2 nitrogen and oxygen atoms in total. The fourth-order valence-corrected chi connectivity index (χ4v) is 2.19. The molecular formula is C10H6Br2FNO. The van der Waals surface area contributed by atoms with Gasteiger partial charge in [0.25, 0.3) is 0 Å². The molecule has 78 valence electrons. The maximum absolute atomic E-state index is 13.5. The molecule has 0 aliphatic carbocycles. The maximum atomic E-state index is 13.5. The van der Waals surface area contributed by atoms with Gasteiger partial charge in [-0.15, -0.1) is 0 Å². The number of methoxy groups -OCH3 is 1. The van der Waals surface area contributed by atoms with E-state index in [1.165, 1.54) is 13.2 Å². The van der Waals surface area contributed by atoms with Gasteiger partial charge in [0.1, 0.15) is 10.1 Å². The van der Waals surface area contributed by atoms with Crippen molar-refractivity contribution in [3.05, 3.63) is 33.1 Å². The Hall–Kier alpha value is -0.680. The number of rotatable bonds is 1. The van der Waals surface area contributed by atoms with Gasteiger partial charge in [0, 0.05) is 9.86 Å². The molecule has 0 atom stereocenters. The molecule has 0 spiro atoms. The van der Waals surface area contributed by atoms with Gasteiger partial charge in [-0.3, -0.25) is 0 Å². The molecule has 0 saturated carbocycles. The van der Waals surface area contributed by atoms with E-state index in [2.05, 4.69) is 36.8 Å². The minimum absolute atomic E-state index is 0.162. The molecule has 0 radical (unpaired) electrons. The Morgan fingerprint density at radius 3 is 2.73 bits per heavy atom.